The van der Waals surface area contributed by atoms with Crippen LogP contribution in [-0.2, 0) is 4.79 Å². The summed E-state index contributed by atoms with van der Waals surface area (Å²) in [5, 5.41) is 12.7. The summed E-state index contributed by atoms with van der Waals surface area (Å²) in [6.07, 6.45) is 7.08. The molecule has 0 radical (unpaired) electrons. The number of amides is 1. The maximum Gasteiger partial charge on any atom is 0.244 e. The molecule has 21 heavy (non-hydrogen) atoms. The summed E-state index contributed by atoms with van der Waals surface area (Å²) >= 11 is 0. The molecule has 1 aliphatic rings. The predicted octanol–water partition coefficient (Wildman–Crippen LogP) is 2.38. The number of benzene rings is 1. The Morgan fingerprint density at radius 1 is 1.33 bits per heavy atom. The molecule has 2 atom stereocenters. The molecule has 0 spiro atoms. The highest BCUT2D eigenvalue weighted by atomic mass is 16.5. The van der Waals surface area contributed by atoms with E-state index in [9.17, 15) is 9.90 Å². The number of carbonyl (C=O) groups is 1. The van der Waals surface area contributed by atoms with E-state index in [1.54, 1.807) is 13.2 Å². The molecular weight excluding hydrogens is 266 g/mol. The van der Waals surface area contributed by atoms with Gasteiger partial charge in [-0.25, -0.2) is 0 Å². The van der Waals surface area contributed by atoms with E-state index >= 15 is 0 Å². The van der Waals surface area contributed by atoms with Crippen molar-refractivity contribution in [2.45, 2.75) is 31.8 Å². The number of carbonyl (C=O) groups excluding carboxylic acids is 1. The Labute approximate surface area is 125 Å². The number of nitrogens with one attached hydrogen (secondary N) is 1. The highest BCUT2D eigenvalue weighted by Gasteiger charge is 2.22. The second-order valence-electron chi connectivity index (χ2n) is 5.46. The smallest absolute Gasteiger partial charge is 0.244 e. The molecule has 1 saturated carbocycles. The molecule has 1 fully saturated rings. The van der Waals surface area contributed by atoms with Gasteiger partial charge in [-0.2, -0.15) is 0 Å². The lowest BCUT2D eigenvalue weighted by atomic mass is 9.86. The van der Waals surface area contributed by atoms with Gasteiger partial charge in [0.15, 0.2) is 0 Å². The Morgan fingerprint density at radius 2 is 2.05 bits per heavy atom. The van der Waals surface area contributed by atoms with Crippen molar-refractivity contribution in [1.29, 1.82) is 0 Å². The fourth-order valence-electron chi connectivity index (χ4n) is 2.60. The van der Waals surface area contributed by atoms with Crippen molar-refractivity contribution in [2.75, 3.05) is 13.7 Å². The molecule has 2 N–H and O–H groups in total. The fourth-order valence-corrected chi connectivity index (χ4v) is 2.60. The standard InChI is InChI=1S/C17H23NO3/c1-21-15-9-6-13(7-10-15)8-11-17(20)18-12-14-4-2-3-5-16(14)19/h6-11,14,16,19H,2-5,12H2,1H3,(H,18,20). The summed E-state index contributed by atoms with van der Waals surface area (Å²) in [5.74, 6) is 0.864. The Bertz CT molecular complexity index is 481. The van der Waals surface area contributed by atoms with Crippen LogP contribution in [0.1, 0.15) is 31.2 Å². The van der Waals surface area contributed by atoms with Gasteiger partial charge in [0.1, 0.15) is 5.75 Å². The summed E-state index contributed by atoms with van der Waals surface area (Å²) in [4.78, 5) is 11.8. The van der Waals surface area contributed by atoms with Gasteiger partial charge < -0.3 is 15.2 Å². The quantitative estimate of drug-likeness (QED) is 0.818. The highest BCUT2D eigenvalue weighted by Crippen LogP contribution is 2.23. The average Bonchev–Trinajstić information content (AvgIpc) is 2.52. The van der Waals surface area contributed by atoms with E-state index in [1.807, 2.05) is 24.3 Å². The number of methoxy groups -OCH3 is 1. The molecule has 1 aliphatic carbocycles. The number of hydrogen-bond acceptors (Lipinski definition) is 3. The Hall–Kier alpha value is -1.81. The summed E-state index contributed by atoms with van der Waals surface area (Å²) in [6, 6.07) is 7.51. The zero-order chi connectivity index (χ0) is 15.1. The lowest BCUT2D eigenvalue weighted by Crippen LogP contribution is -2.36. The van der Waals surface area contributed by atoms with Gasteiger partial charge in [0, 0.05) is 18.5 Å². The third-order valence-electron chi connectivity index (χ3n) is 3.95. The van der Waals surface area contributed by atoms with E-state index in [4.69, 9.17) is 4.74 Å². The van der Waals surface area contributed by atoms with Gasteiger partial charge in [0.05, 0.1) is 13.2 Å². The Balaban J connectivity index is 1.79. The first-order valence-electron chi connectivity index (χ1n) is 7.47. The number of aliphatic hydroxyl groups is 1. The molecule has 1 aromatic carbocycles. The molecule has 2 unspecified atom stereocenters. The summed E-state index contributed by atoms with van der Waals surface area (Å²) in [7, 11) is 1.62. The largest absolute Gasteiger partial charge is 0.497 e. The minimum Gasteiger partial charge on any atom is -0.497 e. The van der Waals surface area contributed by atoms with Gasteiger partial charge in [-0.15, -0.1) is 0 Å². The van der Waals surface area contributed by atoms with Crippen molar-refractivity contribution < 1.29 is 14.6 Å². The van der Waals surface area contributed by atoms with Crippen LogP contribution in [0, 0.1) is 5.92 Å². The van der Waals surface area contributed by atoms with Crippen LogP contribution in [-0.4, -0.2) is 30.8 Å². The monoisotopic (exact) mass is 289 g/mol. The van der Waals surface area contributed by atoms with Crippen LogP contribution in [0.25, 0.3) is 6.08 Å². The van der Waals surface area contributed by atoms with Crippen molar-refractivity contribution in [3.8, 4) is 5.75 Å². The van der Waals surface area contributed by atoms with Crippen LogP contribution in [0.15, 0.2) is 30.3 Å². The SMILES string of the molecule is COc1ccc(C=CC(=O)NCC2CCCCC2O)cc1. The normalized spacial score (nSPS) is 22.2. The van der Waals surface area contributed by atoms with Crippen LogP contribution in [0.3, 0.4) is 0 Å². The van der Waals surface area contributed by atoms with Crippen LogP contribution in [0.4, 0.5) is 0 Å². The first-order chi connectivity index (χ1) is 10.2. The molecule has 1 amide bonds. The summed E-state index contributed by atoms with van der Waals surface area (Å²) < 4.78 is 5.08. The van der Waals surface area contributed by atoms with Crippen molar-refractivity contribution in [3.05, 3.63) is 35.9 Å². The van der Waals surface area contributed by atoms with E-state index in [0.29, 0.717) is 6.54 Å². The minimum absolute atomic E-state index is 0.122. The predicted molar refractivity (Wildman–Crippen MR) is 83.0 cm³/mol. The third-order valence-corrected chi connectivity index (χ3v) is 3.95. The topological polar surface area (TPSA) is 58.6 Å². The first kappa shape index (κ1) is 15.6. The molecule has 114 valence electrons. The van der Waals surface area contributed by atoms with Crippen molar-refractivity contribution in [2.24, 2.45) is 5.92 Å². The molecule has 0 aromatic heterocycles. The van der Waals surface area contributed by atoms with Gasteiger partial charge in [-0.05, 0) is 36.6 Å². The second kappa shape index (κ2) is 7.84. The Kier molecular flexibility index (Phi) is 5.81. The molecule has 0 saturated heterocycles. The number of hydrogen-bond donors (Lipinski definition) is 2. The minimum atomic E-state index is -0.274. The van der Waals surface area contributed by atoms with Crippen LogP contribution in [0.5, 0.6) is 5.75 Å². The third kappa shape index (κ3) is 4.90. The van der Waals surface area contributed by atoms with Gasteiger partial charge in [-0.3, -0.25) is 4.79 Å². The van der Waals surface area contributed by atoms with Crippen LogP contribution < -0.4 is 10.1 Å². The maximum atomic E-state index is 11.8. The van der Waals surface area contributed by atoms with E-state index in [-0.39, 0.29) is 17.9 Å². The highest BCUT2D eigenvalue weighted by molar-refractivity contribution is 5.91. The number of rotatable bonds is 5. The molecule has 1 aromatic rings. The van der Waals surface area contributed by atoms with Gasteiger partial charge in [0.2, 0.25) is 5.91 Å². The van der Waals surface area contributed by atoms with E-state index in [0.717, 1.165) is 37.0 Å². The van der Waals surface area contributed by atoms with E-state index in [1.165, 1.54) is 6.08 Å². The number of aliphatic hydroxyl groups excluding tert-OH is 1. The van der Waals surface area contributed by atoms with Crippen molar-refractivity contribution >= 4 is 12.0 Å². The van der Waals surface area contributed by atoms with Gasteiger partial charge in [-0.1, -0.05) is 25.0 Å². The van der Waals surface area contributed by atoms with Gasteiger partial charge >= 0.3 is 0 Å². The van der Waals surface area contributed by atoms with E-state index in [2.05, 4.69) is 5.32 Å². The van der Waals surface area contributed by atoms with Crippen LogP contribution >= 0.6 is 0 Å². The fraction of sp³-hybridized carbons (Fsp3) is 0.471. The lowest BCUT2D eigenvalue weighted by molar-refractivity contribution is -0.116. The van der Waals surface area contributed by atoms with E-state index < -0.39 is 0 Å². The van der Waals surface area contributed by atoms with Gasteiger partial charge in [0.25, 0.3) is 0 Å². The number of ether oxygens (including phenoxy) is 1. The zero-order valence-corrected chi connectivity index (χ0v) is 12.4. The average molecular weight is 289 g/mol. The summed E-state index contributed by atoms with van der Waals surface area (Å²) in [5.41, 5.74) is 0.948. The Morgan fingerprint density at radius 3 is 2.71 bits per heavy atom. The molecular formula is C17H23NO3. The second-order valence-corrected chi connectivity index (χ2v) is 5.46. The first-order valence-corrected chi connectivity index (χ1v) is 7.47. The van der Waals surface area contributed by atoms with Crippen molar-refractivity contribution in [1.82, 2.24) is 5.32 Å². The summed E-state index contributed by atoms with van der Waals surface area (Å²) in [6.45, 7) is 0.549. The zero-order valence-electron chi connectivity index (χ0n) is 12.4. The molecule has 0 aliphatic heterocycles. The molecule has 4 heteroatoms. The molecule has 0 bridgehead atoms. The lowest BCUT2D eigenvalue weighted by Gasteiger charge is -2.27. The molecule has 4 nitrogen and oxygen atoms in total. The van der Waals surface area contributed by atoms with Crippen LogP contribution in [0.2, 0.25) is 0 Å². The molecule has 2 rings (SSSR count). The maximum absolute atomic E-state index is 11.8. The van der Waals surface area contributed by atoms with Crippen molar-refractivity contribution in [3.63, 3.8) is 0 Å². The molecule has 0 heterocycles.